The van der Waals surface area contributed by atoms with E-state index in [0.29, 0.717) is 11.8 Å². The first-order chi connectivity index (χ1) is 10.8. The molecule has 0 bridgehead atoms. The molecule has 5 nitrogen and oxygen atoms in total. The third-order valence-corrected chi connectivity index (χ3v) is 5.95. The summed E-state index contributed by atoms with van der Waals surface area (Å²) in [6.07, 6.45) is -1.88. The van der Waals surface area contributed by atoms with Gasteiger partial charge in [-0.1, -0.05) is 27.7 Å². The molecule has 0 amide bonds. The largest absolute Gasteiger partial charge is 0.394 e. The van der Waals surface area contributed by atoms with E-state index in [0.717, 1.165) is 0 Å². The highest BCUT2D eigenvalue weighted by Crippen LogP contribution is 2.37. The van der Waals surface area contributed by atoms with Crippen molar-refractivity contribution in [3.63, 3.8) is 0 Å². The fourth-order valence-electron chi connectivity index (χ4n) is 3.58. The van der Waals surface area contributed by atoms with Gasteiger partial charge in [0.25, 0.3) is 0 Å². The van der Waals surface area contributed by atoms with E-state index in [1.165, 1.54) is 0 Å². The smallest absolute Gasteiger partial charge is 0.210 e. The van der Waals surface area contributed by atoms with Crippen molar-refractivity contribution in [2.75, 3.05) is 6.61 Å². The summed E-state index contributed by atoms with van der Waals surface area (Å²) >= 11 is 0. The number of aliphatic hydroxyl groups excluding tert-OH is 2. The maximum Gasteiger partial charge on any atom is 0.210 e. The van der Waals surface area contributed by atoms with Gasteiger partial charge in [-0.3, -0.25) is 0 Å². The van der Waals surface area contributed by atoms with Crippen LogP contribution in [0.2, 0.25) is 0 Å². The Labute approximate surface area is 135 Å². The van der Waals surface area contributed by atoms with Crippen LogP contribution in [0.5, 0.6) is 0 Å². The highest BCUT2D eigenvalue weighted by atomic mass is 16.7. The van der Waals surface area contributed by atoms with E-state index in [1.54, 1.807) is 0 Å². The summed E-state index contributed by atoms with van der Waals surface area (Å²) < 4.78 is 25.0. The highest BCUT2D eigenvalue weighted by molar-refractivity contribution is 4.90. The van der Waals surface area contributed by atoms with E-state index in [2.05, 4.69) is 32.8 Å². The van der Waals surface area contributed by atoms with Crippen LogP contribution in [-0.4, -0.2) is 55.1 Å². The Morgan fingerprint density at radius 1 is 0.909 bits per heavy atom. The predicted molar refractivity (Wildman–Crippen MR) is 83.3 cm³/mol. The summed E-state index contributed by atoms with van der Waals surface area (Å²) in [5, 5.41) is 15.1. The highest BCUT2D eigenvalue weighted by Gasteiger charge is 2.45. The van der Waals surface area contributed by atoms with Crippen molar-refractivity contribution >= 4 is 0 Å². The minimum Gasteiger partial charge on any atom is -0.394 e. The summed E-state index contributed by atoms with van der Waals surface area (Å²) in [5.41, 5.74) is 0. The molecule has 0 radical (unpaired) electrons. The first-order valence-electron chi connectivity index (χ1n) is 8.91. The molecule has 2 saturated heterocycles. The van der Waals surface area contributed by atoms with Crippen LogP contribution >= 0.6 is 0 Å². The van der Waals surface area contributed by atoms with Gasteiger partial charge in [0, 0.05) is 11.8 Å². The molecule has 10 atom stereocenters. The lowest BCUT2D eigenvalue weighted by Gasteiger charge is -2.47. The summed E-state index contributed by atoms with van der Waals surface area (Å²) in [7, 11) is 0. The Kier molecular flexibility index (Phi) is 5.40. The van der Waals surface area contributed by atoms with Crippen molar-refractivity contribution in [3.05, 3.63) is 0 Å². The van der Waals surface area contributed by atoms with Crippen LogP contribution in [0.15, 0.2) is 0 Å². The van der Waals surface area contributed by atoms with Gasteiger partial charge in [-0.25, -0.2) is 0 Å². The average Bonchev–Trinajstić information content (AvgIpc) is 2.51. The van der Waals surface area contributed by atoms with Crippen LogP contribution in [0.1, 0.15) is 41.5 Å². The molecule has 0 saturated carbocycles. The lowest BCUT2D eigenvalue weighted by atomic mass is 9.79. The molecule has 0 aromatic heterocycles. The zero-order valence-electron chi connectivity index (χ0n) is 15.6. The maximum absolute atomic E-state index is 10.6. The molecule has 2 aliphatic heterocycles. The molecular formula is C17H32O5. The van der Waals surface area contributed by atoms with Gasteiger partial charge in [0.1, 0.15) is 6.10 Å². The molecule has 0 aromatic carbocycles. The van der Waals surface area contributed by atoms with Crippen molar-refractivity contribution in [2.45, 2.75) is 78.4 Å². The first kappa shape index (κ1) is 16.7. The normalized spacial score (nSPS) is 54.0. The molecule has 0 aromatic rings. The summed E-state index contributed by atoms with van der Waals surface area (Å²) in [6, 6.07) is 0. The van der Waals surface area contributed by atoms with Gasteiger partial charge in [0.2, 0.25) is 1.43 Å². The first-order valence-corrected chi connectivity index (χ1v) is 8.50. The molecule has 2 heterocycles. The summed E-state index contributed by atoms with van der Waals surface area (Å²) in [4.78, 5) is 0. The van der Waals surface area contributed by atoms with Crippen LogP contribution in [0.3, 0.4) is 0 Å². The van der Waals surface area contributed by atoms with Crippen molar-refractivity contribution < 1.29 is 24.4 Å². The fourth-order valence-corrected chi connectivity index (χ4v) is 3.58. The third-order valence-electron chi connectivity index (χ3n) is 5.95. The van der Waals surface area contributed by atoms with Crippen molar-refractivity contribution in [1.29, 1.82) is 1.43 Å². The van der Waals surface area contributed by atoms with E-state index in [4.69, 9.17) is 15.6 Å². The van der Waals surface area contributed by atoms with Crippen LogP contribution in [-0.2, 0) is 14.2 Å². The number of rotatable bonds is 4. The maximum atomic E-state index is 10.6. The van der Waals surface area contributed by atoms with E-state index in [9.17, 15) is 5.11 Å². The lowest BCUT2D eigenvalue weighted by molar-refractivity contribution is -0.305. The van der Waals surface area contributed by atoms with Gasteiger partial charge in [0.15, 0.2) is 6.29 Å². The van der Waals surface area contributed by atoms with Crippen LogP contribution in [0.4, 0.5) is 0 Å². The third kappa shape index (κ3) is 3.34. The van der Waals surface area contributed by atoms with E-state index in [1.807, 2.05) is 13.8 Å². The molecule has 0 aliphatic carbocycles. The zero-order valence-corrected chi connectivity index (χ0v) is 14.6. The Balaban J connectivity index is 2.04. The standard InChI is InChI=1S/C17H32O5/c1-8-9(2)12(5)21-17(10(8)3)22-16-13(6)20-14(7-18)11(4)15(16)19/h8-19H,7H2,1-6H3/i18T. The van der Waals surface area contributed by atoms with Crippen molar-refractivity contribution in [2.24, 2.45) is 23.7 Å². The molecule has 130 valence electrons. The Morgan fingerprint density at radius 2 is 1.59 bits per heavy atom. The minimum atomic E-state index is -0.667. The Bertz CT molecular complexity index is 382. The molecular weight excluding hydrogens is 284 g/mol. The fraction of sp³-hybridized carbons (Fsp3) is 1.00. The second kappa shape index (κ2) is 7.14. The number of hydrogen-bond donors (Lipinski definition) is 2. The predicted octanol–water partition coefficient (Wildman–Crippen LogP) is 1.80. The minimum absolute atomic E-state index is 0.130. The van der Waals surface area contributed by atoms with Crippen molar-refractivity contribution in [1.82, 2.24) is 0 Å². The Hall–Kier alpha value is -0.200. The zero-order chi connectivity index (χ0) is 17.3. The number of aliphatic hydroxyl groups is 2. The van der Waals surface area contributed by atoms with Gasteiger partial charge in [-0.2, -0.15) is 0 Å². The quantitative estimate of drug-likeness (QED) is 0.827. The molecule has 5 heteroatoms. The molecule has 10 unspecified atom stereocenters. The molecule has 2 N–H and O–H groups in total. The van der Waals surface area contributed by atoms with Gasteiger partial charge in [-0.05, 0) is 25.7 Å². The second-order valence-corrected chi connectivity index (χ2v) is 7.28. The van der Waals surface area contributed by atoms with Crippen LogP contribution in [0.25, 0.3) is 0 Å². The van der Waals surface area contributed by atoms with E-state index < -0.39 is 12.2 Å². The summed E-state index contributed by atoms with van der Waals surface area (Å²) in [6.45, 7) is 12.6. The molecule has 2 rings (SSSR count). The summed E-state index contributed by atoms with van der Waals surface area (Å²) in [5.74, 6) is 1.06. The lowest BCUT2D eigenvalue weighted by Crippen LogP contribution is -2.57. The topological polar surface area (TPSA) is 68.2 Å². The van der Waals surface area contributed by atoms with Gasteiger partial charge in [-0.15, -0.1) is 0 Å². The van der Waals surface area contributed by atoms with Crippen LogP contribution < -0.4 is 0 Å². The van der Waals surface area contributed by atoms with Crippen molar-refractivity contribution in [3.8, 4) is 0 Å². The van der Waals surface area contributed by atoms with Gasteiger partial charge < -0.3 is 24.4 Å². The molecule has 2 aliphatic rings. The van der Waals surface area contributed by atoms with E-state index in [-0.39, 0.29) is 43.0 Å². The monoisotopic (exact) mass is 318 g/mol. The van der Waals surface area contributed by atoms with Gasteiger partial charge in [0.05, 0.1) is 31.0 Å². The molecule has 2 fully saturated rings. The average molecular weight is 318 g/mol. The van der Waals surface area contributed by atoms with E-state index >= 15 is 0 Å². The van der Waals surface area contributed by atoms with Crippen LogP contribution in [0, 0.1) is 23.7 Å². The number of ether oxygens (including phenoxy) is 3. The second-order valence-electron chi connectivity index (χ2n) is 7.28. The SMILES string of the molecule is [3H]OCC1OC(C)C(OC2OC(C)C(C)C(C)C2C)C(O)C1C. The number of hydrogen-bond acceptors (Lipinski definition) is 5. The van der Waals surface area contributed by atoms with Gasteiger partial charge >= 0.3 is 0 Å². The molecule has 22 heavy (non-hydrogen) atoms. The molecule has 0 spiro atoms. The Morgan fingerprint density at radius 3 is 2.23 bits per heavy atom.